The van der Waals surface area contributed by atoms with E-state index in [0.29, 0.717) is 24.7 Å². The Hall–Kier alpha value is -3.12. The van der Waals surface area contributed by atoms with E-state index in [-0.39, 0.29) is 5.91 Å². The summed E-state index contributed by atoms with van der Waals surface area (Å²) >= 11 is 1.60. The summed E-state index contributed by atoms with van der Waals surface area (Å²) in [5, 5.41) is 5.85. The number of thiazole rings is 1. The first-order chi connectivity index (χ1) is 13.6. The summed E-state index contributed by atoms with van der Waals surface area (Å²) in [4.78, 5) is 16.6. The predicted octanol–water partition coefficient (Wildman–Crippen LogP) is 5.08. The molecule has 0 atom stereocenters. The standard InChI is InChI=1S/C22H22N2O3S/c1-3-26-21-10-5-4-9-20(21)24-22(25)12-11-17-7-6-8-19(13-17)27-14-18-15-28-16(2)23-18/h4-13,15H,3,14H2,1-2H3,(H,24,25)/b12-11+. The summed E-state index contributed by atoms with van der Waals surface area (Å²) in [5.74, 6) is 1.16. The number of para-hydroxylation sites is 2. The van der Waals surface area contributed by atoms with Crippen molar-refractivity contribution in [2.75, 3.05) is 11.9 Å². The quantitative estimate of drug-likeness (QED) is 0.541. The minimum absolute atomic E-state index is 0.226. The van der Waals surface area contributed by atoms with Gasteiger partial charge < -0.3 is 14.8 Å². The molecule has 144 valence electrons. The van der Waals surface area contributed by atoms with E-state index in [1.807, 2.05) is 67.8 Å². The van der Waals surface area contributed by atoms with Gasteiger partial charge in [0.05, 0.1) is 23.0 Å². The van der Waals surface area contributed by atoms with Gasteiger partial charge >= 0.3 is 0 Å². The van der Waals surface area contributed by atoms with Crippen molar-refractivity contribution in [1.29, 1.82) is 0 Å². The number of hydrogen-bond acceptors (Lipinski definition) is 5. The zero-order valence-electron chi connectivity index (χ0n) is 15.8. The maximum Gasteiger partial charge on any atom is 0.248 e. The summed E-state index contributed by atoms with van der Waals surface area (Å²) in [6, 6.07) is 14.9. The zero-order chi connectivity index (χ0) is 19.8. The number of nitrogens with one attached hydrogen (secondary N) is 1. The van der Waals surface area contributed by atoms with E-state index >= 15 is 0 Å². The molecule has 1 heterocycles. The molecular formula is C22H22N2O3S. The number of aryl methyl sites for hydroxylation is 1. The Labute approximate surface area is 168 Å². The largest absolute Gasteiger partial charge is 0.492 e. The maximum atomic E-state index is 12.2. The first kappa shape index (κ1) is 19.6. The molecule has 0 aliphatic carbocycles. The number of amides is 1. The highest BCUT2D eigenvalue weighted by atomic mass is 32.1. The van der Waals surface area contributed by atoms with E-state index in [9.17, 15) is 4.79 Å². The van der Waals surface area contributed by atoms with E-state index in [1.54, 1.807) is 17.4 Å². The molecule has 1 N–H and O–H groups in total. The molecule has 0 saturated carbocycles. The number of rotatable bonds is 8. The van der Waals surface area contributed by atoms with Crippen LogP contribution in [0.25, 0.3) is 6.08 Å². The van der Waals surface area contributed by atoms with Gasteiger partial charge in [0.2, 0.25) is 5.91 Å². The third kappa shape index (κ3) is 5.69. The molecule has 0 radical (unpaired) electrons. The number of benzene rings is 2. The lowest BCUT2D eigenvalue weighted by Gasteiger charge is -2.09. The van der Waals surface area contributed by atoms with Gasteiger partial charge in [0, 0.05) is 11.5 Å². The Balaban J connectivity index is 1.60. The van der Waals surface area contributed by atoms with Crippen molar-refractivity contribution < 1.29 is 14.3 Å². The number of ether oxygens (including phenoxy) is 2. The number of anilines is 1. The lowest BCUT2D eigenvalue weighted by molar-refractivity contribution is -0.111. The Bertz CT molecular complexity index is 966. The highest BCUT2D eigenvalue weighted by molar-refractivity contribution is 7.09. The fraction of sp³-hybridized carbons (Fsp3) is 0.182. The van der Waals surface area contributed by atoms with Crippen LogP contribution in [0, 0.1) is 6.92 Å². The van der Waals surface area contributed by atoms with Gasteiger partial charge in [-0.1, -0.05) is 24.3 Å². The van der Waals surface area contributed by atoms with Crippen molar-refractivity contribution in [1.82, 2.24) is 4.98 Å². The predicted molar refractivity (Wildman–Crippen MR) is 113 cm³/mol. The van der Waals surface area contributed by atoms with Crippen molar-refractivity contribution in [2.45, 2.75) is 20.5 Å². The van der Waals surface area contributed by atoms with Gasteiger partial charge in [0.1, 0.15) is 18.1 Å². The van der Waals surface area contributed by atoms with E-state index in [4.69, 9.17) is 9.47 Å². The molecule has 0 saturated heterocycles. The van der Waals surface area contributed by atoms with Gasteiger partial charge in [-0.3, -0.25) is 4.79 Å². The van der Waals surface area contributed by atoms with Crippen molar-refractivity contribution in [3.05, 3.63) is 76.3 Å². The average Bonchev–Trinajstić information content (AvgIpc) is 3.12. The van der Waals surface area contributed by atoms with Crippen LogP contribution < -0.4 is 14.8 Å². The Morgan fingerprint density at radius 2 is 2.04 bits per heavy atom. The Morgan fingerprint density at radius 1 is 1.18 bits per heavy atom. The zero-order valence-corrected chi connectivity index (χ0v) is 16.7. The molecule has 0 spiro atoms. The lowest BCUT2D eigenvalue weighted by atomic mass is 10.2. The van der Waals surface area contributed by atoms with Crippen LogP contribution in [-0.2, 0) is 11.4 Å². The fourth-order valence-corrected chi connectivity index (χ4v) is 3.13. The van der Waals surface area contributed by atoms with Crippen LogP contribution in [0.15, 0.2) is 60.0 Å². The average molecular weight is 394 g/mol. The normalized spacial score (nSPS) is 10.8. The van der Waals surface area contributed by atoms with E-state index in [2.05, 4.69) is 10.3 Å². The number of aromatic nitrogens is 1. The SMILES string of the molecule is CCOc1ccccc1NC(=O)/C=C/c1cccc(OCc2csc(C)n2)c1. The number of carbonyl (C=O) groups is 1. The highest BCUT2D eigenvalue weighted by Crippen LogP contribution is 2.23. The van der Waals surface area contributed by atoms with Crippen LogP contribution in [0.4, 0.5) is 5.69 Å². The van der Waals surface area contributed by atoms with Gasteiger partial charge in [0.25, 0.3) is 0 Å². The van der Waals surface area contributed by atoms with E-state index in [0.717, 1.165) is 22.0 Å². The monoisotopic (exact) mass is 394 g/mol. The Kier molecular flexibility index (Phi) is 6.81. The van der Waals surface area contributed by atoms with Gasteiger partial charge in [0.15, 0.2) is 0 Å². The fourth-order valence-electron chi connectivity index (χ4n) is 2.54. The second-order valence-corrected chi connectivity index (χ2v) is 7.03. The summed E-state index contributed by atoms with van der Waals surface area (Å²) in [7, 11) is 0. The van der Waals surface area contributed by atoms with Crippen LogP contribution in [0.5, 0.6) is 11.5 Å². The van der Waals surface area contributed by atoms with E-state index in [1.165, 1.54) is 6.08 Å². The molecule has 0 bridgehead atoms. The van der Waals surface area contributed by atoms with E-state index < -0.39 is 0 Å². The molecule has 3 aromatic rings. The van der Waals surface area contributed by atoms with Gasteiger partial charge in [-0.15, -0.1) is 11.3 Å². The van der Waals surface area contributed by atoms with Gasteiger partial charge in [-0.25, -0.2) is 4.98 Å². The summed E-state index contributed by atoms with van der Waals surface area (Å²) in [6.07, 6.45) is 3.24. The minimum atomic E-state index is -0.226. The molecule has 28 heavy (non-hydrogen) atoms. The number of nitrogens with zero attached hydrogens (tertiary/aromatic N) is 1. The molecule has 0 fully saturated rings. The van der Waals surface area contributed by atoms with Crippen LogP contribution in [0.1, 0.15) is 23.2 Å². The molecule has 5 nitrogen and oxygen atoms in total. The maximum absolute atomic E-state index is 12.2. The summed E-state index contributed by atoms with van der Waals surface area (Å²) < 4.78 is 11.3. The van der Waals surface area contributed by atoms with Crippen LogP contribution >= 0.6 is 11.3 Å². The molecule has 0 unspecified atom stereocenters. The van der Waals surface area contributed by atoms with Crippen molar-refractivity contribution in [3.8, 4) is 11.5 Å². The first-order valence-corrected chi connectivity index (χ1v) is 9.87. The second kappa shape index (κ2) is 9.71. The molecule has 0 aliphatic heterocycles. The lowest BCUT2D eigenvalue weighted by Crippen LogP contribution is -2.09. The third-order valence-electron chi connectivity index (χ3n) is 3.78. The number of hydrogen-bond donors (Lipinski definition) is 1. The van der Waals surface area contributed by atoms with Crippen LogP contribution in [0.2, 0.25) is 0 Å². The molecule has 1 amide bonds. The van der Waals surface area contributed by atoms with Gasteiger partial charge in [-0.05, 0) is 49.8 Å². The van der Waals surface area contributed by atoms with Crippen molar-refractivity contribution in [3.63, 3.8) is 0 Å². The first-order valence-electron chi connectivity index (χ1n) is 8.99. The van der Waals surface area contributed by atoms with Crippen LogP contribution in [-0.4, -0.2) is 17.5 Å². The smallest absolute Gasteiger partial charge is 0.248 e. The van der Waals surface area contributed by atoms with Gasteiger partial charge in [-0.2, -0.15) is 0 Å². The molecule has 6 heteroatoms. The summed E-state index contributed by atoms with van der Waals surface area (Å²) in [6.45, 7) is 4.84. The minimum Gasteiger partial charge on any atom is -0.492 e. The summed E-state index contributed by atoms with van der Waals surface area (Å²) in [5.41, 5.74) is 2.44. The molecule has 2 aromatic carbocycles. The molecular weight excluding hydrogens is 372 g/mol. The second-order valence-electron chi connectivity index (χ2n) is 5.97. The van der Waals surface area contributed by atoms with Crippen molar-refractivity contribution >= 4 is 29.0 Å². The van der Waals surface area contributed by atoms with Crippen molar-refractivity contribution in [2.24, 2.45) is 0 Å². The van der Waals surface area contributed by atoms with Crippen LogP contribution in [0.3, 0.4) is 0 Å². The third-order valence-corrected chi connectivity index (χ3v) is 4.61. The topological polar surface area (TPSA) is 60.5 Å². The molecule has 3 rings (SSSR count). The molecule has 1 aromatic heterocycles. The highest BCUT2D eigenvalue weighted by Gasteiger charge is 2.05. The molecule has 0 aliphatic rings. The Morgan fingerprint density at radius 3 is 2.82 bits per heavy atom. The number of carbonyl (C=O) groups excluding carboxylic acids is 1.